The first-order chi connectivity index (χ1) is 12.3. The van der Waals surface area contributed by atoms with Crippen molar-refractivity contribution in [1.82, 2.24) is 14.9 Å². The quantitative estimate of drug-likeness (QED) is 0.836. The van der Waals surface area contributed by atoms with Crippen LogP contribution in [0.15, 0.2) is 36.4 Å². The van der Waals surface area contributed by atoms with Gasteiger partial charge in [0.15, 0.2) is 0 Å². The fourth-order valence-electron chi connectivity index (χ4n) is 3.03. The van der Waals surface area contributed by atoms with Gasteiger partial charge in [0.25, 0.3) is 0 Å². The van der Waals surface area contributed by atoms with Gasteiger partial charge in [0.1, 0.15) is 17.5 Å². The number of hydrogen-bond donors (Lipinski definition) is 1. The maximum atomic E-state index is 5.39. The lowest BCUT2D eigenvalue weighted by Gasteiger charge is -2.26. The van der Waals surface area contributed by atoms with Crippen molar-refractivity contribution < 1.29 is 4.74 Å². The number of para-hydroxylation sites is 1. The molecule has 2 heterocycles. The smallest absolute Gasteiger partial charge is 0.138 e. The molecule has 1 aliphatic heterocycles. The third kappa shape index (κ3) is 4.90. The summed E-state index contributed by atoms with van der Waals surface area (Å²) in [5.74, 6) is 2.58. The minimum atomic E-state index is 0.778. The zero-order chi connectivity index (χ0) is 17.5. The molecule has 0 saturated carbocycles. The molecule has 1 saturated heterocycles. The average molecular weight is 341 g/mol. The standard InChI is InChI=1S/C19H27N5O/c1-3-24(17-7-5-4-6-8-17)19-15-18(21-16(2)22-19)20-9-10-23-11-13-25-14-12-23/h4-8,15H,3,9-14H2,1-2H3,(H,20,21,22). The molecule has 0 aliphatic carbocycles. The fourth-order valence-corrected chi connectivity index (χ4v) is 3.03. The van der Waals surface area contributed by atoms with Gasteiger partial charge in [0, 0.05) is 44.5 Å². The number of morpholine rings is 1. The Kier molecular flexibility index (Phi) is 6.19. The second-order valence-corrected chi connectivity index (χ2v) is 6.12. The predicted octanol–water partition coefficient (Wildman–Crippen LogP) is 2.69. The molecule has 1 aliphatic rings. The third-order valence-corrected chi connectivity index (χ3v) is 4.32. The second-order valence-electron chi connectivity index (χ2n) is 6.12. The highest BCUT2D eigenvalue weighted by molar-refractivity contribution is 5.62. The first-order valence-corrected chi connectivity index (χ1v) is 8.98. The van der Waals surface area contributed by atoms with Gasteiger partial charge in [0.05, 0.1) is 13.2 Å². The van der Waals surface area contributed by atoms with Crippen LogP contribution in [0.2, 0.25) is 0 Å². The number of ether oxygens (including phenoxy) is 1. The molecule has 0 bridgehead atoms. The predicted molar refractivity (Wildman–Crippen MR) is 102 cm³/mol. The van der Waals surface area contributed by atoms with Crippen molar-refractivity contribution in [2.45, 2.75) is 13.8 Å². The summed E-state index contributed by atoms with van der Waals surface area (Å²) in [7, 11) is 0. The number of aromatic nitrogens is 2. The summed E-state index contributed by atoms with van der Waals surface area (Å²) < 4.78 is 5.39. The maximum Gasteiger partial charge on any atom is 0.138 e. The minimum Gasteiger partial charge on any atom is -0.379 e. The second kappa shape index (κ2) is 8.78. The molecule has 0 amide bonds. The van der Waals surface area contributed by atoms with Gasteiger partial charge >= 0.3 is 0 Å². The molecule has 0 spiro atoms. The lowest BCUT2D eigenvalue weighted by atomic mass is 10.3. The number of nitrogens with zero attached hydrogens (tertiary/aromatic N) is 4. The average Bonchev–Trinajstić information content (AvgIpc) is 2.64. The highest BCUT2D eigenvalue weighted by Gasteiger charge is 2.12. The summed E-state index contributed by atoms with van der Waals surface area (Å²) in [5.41, 5.74) is 1.14. The van der Waals surface area contributed by atoms with E-state index in [0.717, 1.165) is 69.1 Å². The Balaban J connectivity index is 1.67. The van der Waals surface area contributed by atoms with E-state index in [0.29, 0.717) is 0 Å². The first-order valence-electron chi connectivity index (χ1n) is 8.98. The van der Waals surface area contributed by atoms with E-state index in [1.165, 1.54) is 0 Å². The Bertz CT molecular complexity index is 658. The largest absolute Gasteiger partial charge is 0.379 e. The van der Waals surface area contributed by atoms with Crippen molar-refractivity contribution in [3.8, 4) is 0 Å². The van der Waals surface area contributed by atoms with Gasteiger partial charge in [-0.25, -0.2) is 9.97 Å². The molecule has 1 aromatic carbocycles. The zero-order valence-corrected chi connectivity index (χ0v) is 15.1. The highest BCUT2D eigenvalue weighted by atomic mass is 16.5. The van der Waals surface area contributed by atoms with Gasteiger partial charge in [-0.1, -0.05) is 18.2 Å². The normalized spacial score (nSPS) is 15.1. The molecule has 134 valence electrons. The molecule has 6 nitrogen and oxygen atoms in total. The van der Waals surface area contributed by atoms with E-state index >= 15 is 0 Å². The van der Waals surface area contributed by atoms with Crippen molar-refractivity contribution in [1.29, 1.82) is 0 Å². The highest BCUT2D eigenvalue weighted by Crippen LogP contribution is 2.24. The monoisotopic (exact) mass is 341 g/mol. The van der Waals surface area contributed by atoms with Crippen LogP contribution in [0.25, 0.3) is 0 Å². The van der Waals surface area contributed by atoms with Crippen LogP contribution < -0.4 is 10.2 Å². The lowest BCUT2D eigenvalue weighted by molar-refractivity contribution is 0.0398. The van der Waals surface area contributed by atoms with Crippen LogP contribution in [0.3, 0.4) is 0 Å². The molecule has 0 unspecified atom stereocenters. The molecule has 25 heavy (non-hydrogen) atoms. The first kappa shape index (κ1) is 17.6. The van der Waals surface area contributed by atoms with Crippen molar-refractivity contribution in [3.63, 3.8) is 0 Å². The van der Waals surface area contributed by atoms with E-state index in [1.54, 1.807) is 0 Å². The van der Waals surface area contributed by atoms with Gasteiger partial charge in [0.2, 0.25) is 0 Å². The lowest BCUT2D eigenvalue weighted by Crippen LogP contribution is -2.39. The van der Waals surface area contributed by atoms with Crippen molar-refractivity contribution in [2.24, 2.45) is 0 Å². The summed E-state index contributed by atoms with van der Waals surface area (Å²) in [6.45, 7) is 10.5. The van der Waals surface area contributed by atoms with E-state index < -0.39 is 0 Å². The minimum absolute atomic E-state index is 0.778. The molecule has 6 heteroatoms. The van der Waals surface area contributed by atoms with E-state index in [4.69, 9.17) is 4.74 Å². The van der Waals surface area contributed by atoms with E-state index in [-0.39, 0.29) is 0 Å². The van der Waals surface area contributed by atoms with E-state index in [1.807, 2.05) is 31.2 Å². The topological polar surface area (TPSA) is 53.5 Å². The van der Waals surface area contributed by atoms with Gasteiger partial charge < -0.3 is 15.0 Å². The van der Waals surface area contributed by atoms with E-state index in [9.17, 15) is 0 Å². The molecule has 3 rings (SSSR count). The van der Waals surface area contributed by atoms with Gasteiger partial charge in [-0.2, -0.15) is 0 Å². The summed E-state index contributed by atoms with van der Waals surface area (Å²) >= 11 is 0. The molecule has 1 fully saturated rings. The van der Waals surface area contributed by atoms with Crippen LogP contribution in [-0.2, 0) is 4.74 Å². The molecule has 0 radical (unpaired) electrons. The summed E-state index contributed by atoms with van der Waals surface area (Å²) in [6, 6.07) is 12.4. The molecule has 2 aromatic rings. The zero-order valence-electron chi connectivity index (χ0n) is 15.1. The Hall–Kier alpha value is -2.18. The Morgan fingerprint density at radius 3 is 2.64 bits per heavy atom. The van der Waals surface area contributed by atoms with Crippen LogP contribution in [0.1, 0.15) is 12.7 Å². The third-order valence-electron chi connectivity index (χ3n) is 4.32. The number of rotatable bonds is 7. The number of nitrogens with one attached hydrogen (secondary N) is 1. The molecule has 1 N–H and O–H groups in total. The van der Waals surface area contributed by atoms with Crippen LogP contribution in [-0.4, -0.2) is 60.8 Å². The number of benzene rings is 1. The van der Waals surface area contributed by atoms with Gasteiger partial charge in [-0.15, -0.1) is 0 Å². The molecule has 1 aromatic heterocycles. The van der Waals surface area contributed by atoms with Crippen LogP contribution >= 0.6 is 0 Å². The van der Waals surface area contributed by atoms with Crippen molar-refractivity contribution in [2.75, 3.05) is 56.2 Å². The maximum absolute atomic E-state index is 5.39. The Morgan fingerprint density at radius 1 is 1.16 bits per heavy atom. The van der Waals surface area contributed by atoms with Gasteiger partial charge in [-0.05, 0) is 26.0 Å². The Labute approximate surface area is 149 Å². The SMILES string of the molecule is CCN(c1ccccc1)c1cc(NCCN2CCOCC2)nc(C)n1. The molecular weight excluding hydrogens is 314 g/mol. The van der Waals surface area contributed by atoms with E-state index in [2.05, 4.69) is 44.1 Å². The Morgan fingerprint density at radius 2 is 1.92 bits per heavy atom. The molecular formula is C19H27N5O. The number of hydrogen-bond acceptors (Lipinski definition) is 6. The van der Waals surface area contributed by atoms with Crippen LogP contribution in [0.5, 0.6) is 0 Å². The molecule has 0 atom stereocenters. The van der Waals surface area contributed by atoms with Gasteiger partial charge in [-0.3, -0.25) is 4.90 Å². The van der Waals surface area contributed by atoms with Crippen molar-refractivity contribution in [3.05, 3.63) is 42.2 Å². The van der Waals surface area contributed by atoms with Crippen LogP contribution in [0, 0.1) is 6.92 Å². The fraction of sp³-hybridized carbons (Fsp3) is 0.474. The number of aryl methyl sites for hydroxylation is 1. The van der Waals surface area contributed by atoms with Crippen LogP contribution in [0.4, 0.5) is 17.3 Å². The number of anilines is 3. The van der Waals surface area contributed by atoms with Crippen molar-refractivity contribution >= 4 is 17.3 Å². The summed E-state index contributed by atoms with van der Waals surface area (Å²) in [6.07, 6.45) is 0. The summed E-state index contributed by atoms with van der Waals surface area (Å²) in [5, 5.41) is 3.44. The summed E-state index contributed by atoms with van der Waals surface area (Å²) in [4.78, 5) is 13.8.